The minimum absolute atomic E-state index is 0.321. The summed E-state index contributed by atoms with van der Waals surface area (Å²) in [6.07, 6.45) is 4.43. The maximum absolute atomic E-state index is 6.13. The summed E-state index contributed by atoms with van der Waals surface area (Å²) in [5.74, 6) is 0.945. The maximum atomic E-state index is 6.13. The maximum Gasteiger partial charge on any atom is 0.119 e. The second-order valence-electron chi connectivity index (χ2n) is 7.02. The molecule has 0 radical (unpaired) electrons. The third-order valence-electron chi connectivity index (χ3n) is 4.95. The summed E-state index contributed by atoms with van der Waals surface area (Å²) in [4.78, 5) is 6.82. The lowest BCUT2D eigenvalue weighted by atomic mass is 10.0. The van der Waals surface area contributed by atoms with Gasteiger partial charge in [-0.25, -0.2) is 0 Å². The first-order valence-corrected chi connectivity index (χ1v) is 9.25. The molecule has 1 saturated heterocycles. The van der Waals surface area contributed by atoms with E-state index in [1.165, 1.54) is 11.1 Å². The number of piperidine rings is 1. The summed E-state index contributed by atoms with van der Waals surface area (Å²) in [5.41, 5.74) is 4.51. The quantitative estimate of drug-likeness (QED) is 0.771. The van der Waals surface area contributed by atoms with Crippen molar-refractivity contribution < 1.29 is 4.74 Å². The van der Waals surface area contributed by atoms with E-state index in [9.17, 15) is 0 Å². The van der Waals surface area contributed by atoms with Gasteiger partial charge in [-0.3, -0.25) is 4.98 Å². The summed E-state index contributed by atoms with van der Waals surface area (Å²) < 4.78 is 6.13. The van der Waals surface area contributed by atoms with Crippen LogP contribution in [0.5, 0.6) is 5.75 Å². The highest BCUT2D eigenvalue weighted by Crippen LogP contribution is 2.36. The Morgan fingerprint density at radius 2 is 1.73 bits per heavy atom. The van der Waals surface area contributed by atoms with Gasteiger partial charge < -0.3 is 15.0 Å². The van der Waals surface area contributed by atoms with Crippen LogP contribution in [0.4, 0.5) is 5.69 Å². The van der Waals surface area contributed by atoms with Gasteiger partial charge in [0.05, 0.1) is 11.2 Å². The van der Waals surface area contributed by atoms with Gasteiger partial charge in [0.25, 0.3) is 0 Å². The van der Waals surface area contributed by atoms with Crippen LogP contribution in [0, 0.1) is 0 Å². The molecule has 0 amide bonds. The molecule has 4 nitrogen and oxygen atoms in total. The van der Waals surface area contributed by atoms with Crippen molar-refractivity contribution in [2.45, 2.75) is 18.9 Å². The summed E-state index contributed by atoms with van der Waals surface area (Å²) in [6.45, 7) is 2.08. The van der Waals surface area contributed by atoms with Gasteiger partial charge in [0.2, 0.25) is 0 Å². The summed E-state index contributed by atoms with van der Waals surface area (Å²) in [7, 11) is 4.17. The topological polar surface area (TPSA) is 37.4 Å². The molecule has 0 bridgehead atoms. The molecule has 0 spiro atoms. The summed E-state index contributed by atoms with van der Waals surface area (Å²) in [5, 5.41) is 4.54. The van der Waals surface area contributed by atoms with Crippen LogP contribution < -0.4 is 15.0 Å². The van der Waals surface area contributed by atoms with Gasteiger partial charge in [-0.1, -0.05) is 30.3 Å². The fourth-order valence-electron chi connectivity index (χ4n) is 3.64. The van der Waals surface area contributed by atoms with Crippen molar-refractivity contribution in [1.29, 1.82) is 0 Å². The van der Waals surface area contributed by atoms with Crippen LogP contribution in [0.25, 0.3) is 22.0 Å². The van der Waals surface area contributed by atoms with E-state index in [0.29, 0.717) is 6.10 Å². The molecule has 4 heteroatoms. The van der Waals surface area contributed by atoms with E-state index in [-0.39, 0.29) is 0 Å². The number of nitrogens with one attached hydrogen (secondary N) is 1. The van der Waals surface area contributed by atoms with Crippen molar-refractivity contribution in [3.05, 3.63) is 54.7 Å². The van der Waals surface area contributed by atoms with E-state index in [2.05, 4.69) is 71.8 Å². The second kappa shape index (κ2) is 7.34. The van der Waals surface area contributed by atoms with Crippen molar-refractivity contribution in [2.75, 3.05) is 32.1 Å². The largest absolute Gasteiger partial charge is 0.490 e. The van der Waals surface area contributed by atoms with Gasteiger partial charge >= 0.3 is 0 Å². The molecule has 1 fully saturated rings. The van der Waals surface area contributed by atoms with Gasteiger partial charge in [0.15, 0.2) is 0 Å². The molecule has 0 unspecified atom stereocenters. The van der Waals surface area contributed by atoms with E-state index in [1.54, 1.807) is 0 Å². The van der Waals surface area contributed by atoms with Crippen LogP contribution in [-0.2, 0) is 0 Å². The van der Waals surface area contributed by atoms with E-state index in [1.807, 2.05) is 12.3 Å². The normalized spacial score (nSPS) is 15.2. The molecule has 4 rings (SSSR count). The molecule has 1 aromatic heterocycles. The highest BCUT2D eigenvalue weighted by Gasteiger charge is 2.15. The van der Waals surface area contributed by atoms with Crippen molar-refractivity contribution in [1.82, 2.24) is 10.3 Å². The first-order chi connectivity index (χ1) is 12.7. The van der Waals surface area contributed by atoms with Crippen molar-refractivity contribution >= 4 is 16.6 Å². The van der Waals surface area contributed by atoms with Crippen LogP contribution in [0.3, 0.4) is 0 Å². The Morgan fingerprint density at radius 3 is 2.46 bits per heavy atom. The van der Waals surface area contributed by atoms with Crippen LogP contribution >= 0.6 is 0 Å². The standard InChI is InChI=1S/C22H25N3O/c1-25(2)22-19-5-3-4-6-21(19)24-15-20(22)16-7-9-17(10-8-16)26-18-11-13-23-14-12-18/h3-10,15,18,23H,11-14H2,1-2H3. The van der Waals surface area contributed by atoms with E-state index in [0.717, 1.165) is 48.3 Å². The lowest BCUT2D eigenvalue weighted by Gasteiger charge is -2.24. The number of rotatable bonds is 4. The summed E-state index contributed by atoms with van der Waals surface area (Å²) >= 11 is 0. The van der Waals surface area contributed by atoms with Crippen LogP contribution in [0.15, 0.2) is 54.7 Å². The van der Waals surface area contributed by atoms with Crippen molar-refractivity contribution in [3.63, 3.8) is 0 Å². The highest BCUT2D eigenvalue weighted by atomic mass is 16.5. The minimum atomic E-state index is 0.321. The SMILES string of the molecule is CN(C)c1c(-c2ccc(OC3CCNCC3)cc2)cnc2ccccc12. The molecular weight excluding hydrogens is 322 g/mol. The minimum Gasteiger partial charge on any atom is -0.490 e. The predicted octanol–water partition coefficient (Wildman–Crippen LogP) is 4.10. The number of fused-ring (bicyclic) bond motifs is 1. The third-order valence-corrected chi connectivity index (χ3v) is 4.95. The number of nitrogens with zero attached hydrogens (tertiary/aromatic N) is 2. The summed E-state index contributed by atoms with van der Waals surface area (Å²) in [6, 6.07) is 16.7. The molecule has 0 saturated carbocycles. The molecule has 1 N–H and O–H groups in total. The number of para-hydroxylation sites is 1. The third kappa shape index (κ3) is 3.37. The zero-order chi connectivity index (χ0) is 17.9. The van der Waals surface area contributed by atoms with Crippen molar-refractivity contribution in [2.24, 2.45) is 0 Å². The van der Waals surface area contributed by atoms with Crippen LogP contribution in [-0.4, -0.2) is 38.3 Å². The molecule has 26 heavy (non-hydrogen) atoms. The fraction of sp³-hybridized carbons (Fsp3) is 0.318. The molecule has 1 aliphatic heterocycles. The smallest absolute Gasteiger partial charge is 0.119 e. The number of pyridine rings is 1. The van der Waals surface area contributed by atoms with Gasteiger partial charge in [0, 0.05) is 31.2 Å². The first kappa shape index (κ1) is 16.9. The highest BCUT2D eigenvalue weighted by molar-refractivity contribution is 5.99. The Hall–Kier alpha value is -2.59. The van der Waals surface area contributed by atoms with Crippen molar-refractivity contribution in [3.8, 4) is 16.9 Å². The molecule has 0 aliphatic carbocycles. The Bertz CT molecular complexity index is 884. The molecular formula is C22H25N3O. The van der Waals surface area contributed by atoms with Crippen LogP contribution in [0.1, 0.15) is 12.8 Å². The molecule has 1 aliphatic rings. The first-order valence-electron chi connectivity index (χ1n) is 9.25. The van der Waals surface area contributed by atoms with E-state index in [4.69, 9.17) is 4.74 Å². The van der Waals surface area contributed by atoms with Crippen LogP contribution in [0.2, 0.25) is 0 Å². The molecule has 2 aromatic carbocycles. The zero-order valence-corrected chi connectivity index (χ0v) is 15.4. The molecule has 3 aromatic rings. The molecule has 134 valence electrons. The average Bonchev–Trinajstić information content (AvgIpc) is 2.68. The number of anilines is 1. The lowest BCUT2D eigenvalue weighted by Crippen LogP contribution is -2.34. The fourth-order valence-corrected chi connectivity index (χ4v) is 3.64. The second-order valence-corrected chi connectivity index (χ2v) is 7.02. The number of hydrogen-bond acceptors (Lipinski definition) is 4. The average molecular weight is 347 g/mol. The van der Waals surface area contributed by atoms with E-state index >= 15 is 0 Å². The van der Waals surface area contributed by atoms with E-state index < -0.39 is 0 Å². The van der Waals surface area contributed by atoms with Gasteiger partial charge in [-0.2, -0.15) is 0 Å². The number of aromatic nitrogens is 1. The monoisotopic (exact) mass is 347 g/mol. The molecule has 0 atom stereocenters. The number of ether oxygens (including phenoxy) is 1. The predicted molar refractivity (Wildman–Crippen MR) is 108 cm³/mol. The van der Waals surface area contributed by atoms with Gasteiger partial charge in [-0.05, 0) is 49.7 Å². The Morgan fingerprint density at radius 1 is 1.00 bits per heavy atom. The number of benzene rings is 2. The lowest BCUT2D eigenvalue weighted by molar-refractivity contribution is 0.162. The Labute approximate surface area is 154 Å². The van der Waals surface area contributed by atoms with Gasteiger partial charge in [0.1, 0.15) is 11.9 Å². The number of hydrogen-bond donors (Lipinski definition) is 1. The van der Waals surface area contributed by atoms with Gasteiger partial charge in [-0.15, -0.1) is 0 Å². The molecule has 2 heterocycles. The zero-order valence-electron chi connectivity index (χ0n) is 15.4. The Kier molecular flexibility index (Phi) is 4.76. The Balaban J connectivity index is 1.65.